The molecular weight excluding hydrogens is 214 g/mol. The Hall–Kier alpha value is -0.440. The van der Waals surface area contributed by atoms with Gasteiger partial charge in [-0.3, -0.25) is 0 Å². The first kappa shape index (κ1) is 8.65. The normalized spacial score (nSPS) is 10.1. The summed E-state index contributed by atoms with van der Waals surface area (Å²) in [7, 11) is 0. The summed E-state index contributed by atoms with van der Waals surface area (Å²) >= 11 is 3.19. The first-order chi connectivity index (χ1) is 5.22. The standard InChI is InChI=1S/C8H7BrF2/c9-2-1-6-3-7(10)5-8(11)4-6/h3-5H,1-2H2. The van der Waals surface area contributed by atoms with Crippen LogP contribution in [0, 0.1) is 11.6 Å². The summed E-state index contributed by atoms with van der Waals surface area (Å²) in [6.07, 6.45) is 0.648. The maximum atomic E-state index is 12.5. The van der Waals surface area contributed by atoms with E-state index >= 15 is 0 Å². The molecule has 0 aliphatic heterocycles. The van der Waals surface area contributed by atoms with Gasteiger partial charge >= 0.3 is 0 Å². The van der Waals surface area contributed by atoms with E-state index in [2.05, 4.69) is 15.9 Å². The molecular formula is C8H7BrF2. The van der Waals surface area contributed by atoms with Crippen molar-refractivity contribution in [2.24, 2.45) is 0 Å². The second-order valence-corrected chi connectivity index (χ2v) is 3.01. The van der Waals surface area contributed by atoms with Crippen LogP contribution in [0.4, 0.5) is 8.78 Å². The van der Waals surface area contributed by atoms with Crippen LogP contribution in [-0.4, -0.2) is 5.33 Å². The Morgan fingerprint density at radius 3 is 2.09 bits per heavy atom. The van der Waals surface area contributed by atoms with Gasteiger partial charge in [0, 0.05) is 11.4 Å². The molecule has 0 radical (unpaired) electrons. The van der Waals surface area contributed by atoms with E-state index < -0.39 is 11.6 Å². The lowest BCUT2D eigenvalue weighted by Crippen LogP contribution is -1.89. The predicted molar refractivity (Wildman–Crippen MR) is 43.9 cm³/mol. The summed E-state index contributed by atoms with van der Waals surface area (Å²) in [6.45, 7) is 0. The van der Waals surface area contributed by atoms with Gasteiger partial charge in [0.15, 0.2) is 0 Å². The number of aryl methyl sites for hydroxylation is 1. The maximum Gasteiger partial charge on any atom is 0.126 e. The third kappa shape index (κ3) is 2.58. The molecule has 0 saturated heterocycles. The van der Waals surface area contributed by atoms with E-state index in [9.17, 15) is 8.78 Å². The summed E-state index contributed by atoms with van der Waals surface area (Å²) in [4.78, 5) is 0. The number of benzene rings is 1. The highest BCUT2D eigenvalue weighted by Gasteiger charge is 1.98. The minimum absolute atomic E-state index is 0.513. The molecule has 0 aromatic heterocycles. The van der Waals surface area contributed by atoms with Gasteiger partial charge in [-0.15, -0.1) is 0 Å². The first-order valence-corrected chi connectivity index (χ1v) is 4.35. The van der Waals surface area contributed by atoms with Crippen molar-refractivity contribution in [3.05, 3.63) is 35.4 Å². The van der Waals surface area contributed by atoms with E-state index in [1.165, 1.54) is 12.1 Å². The molecule has 1 aromatic rings. The fourth-order valence-corrected chi connectivity index (χ4v) is 1.32. The van der Waals surface area contributed by atoms with Gasteiger partial charge in [0.2, 0.25) is 0 Å². The number of hydrogen-bond donors (Lipinski definition) is 0. The Balaban J connectivity index is 2.89. The summed E-state index contributed by atoms with van der Waals surface area (Å²) in [5.41, 5.74) is 0.680. The molecule has 0 unspecified atom stereocenters. The molecule has 0 aliphatic rings. The summed E-state index contributed by atoms with van der Waals surface area (Å²) in [5, 5.41) is 0.718. The third-order valence-corrected chi connectivity index (χ3v) is 1.70. The largest absolute Gasteiger partial charge is 0.207 e. The molecule has 1 rings (SSSR count). The van der Waals surface area contributed by atoms with Gasteiger partial charge in [-0.25, -0.2) is 8.78 Å². The zero-order valence-electron chi connectivity index (χ0n) is 5.78. The van der Waals surface area contributed by atoms with E-state index in [4.69, 9.17) is 0 Å². The third-order valence-electron chi connectivity index (χ3n) is 1.31. The van der Waals surface area contributed by atoms with E-state index in [1.807, 2.05) is 0 Å². The number of halogens is 3. The van der Waals surface area contributed by atoms with Crippen LogP contribution in [0.1, 0.15) is 5.56 Å². The van der Waals surface area contributed by atoms with Gasteiger partial charge in [0.25, 0.3) is 0 Å². The Morgan fingerprint density at radius 2 is 1.64 bits per heavy atom. The van der Waals surface area contributed by atoms with Crippen LogP contribution in [-0.2, 0) is 6.42 Å². The molecule has 0 heterocycles. The molecule has 0 atom stereocenters. The molecule has 0 saturated carbocycles. The van der Waals surface area contributed by atoms with Gasteiger partial charge in [0.05, 0.1) is 0 Å². The average molecular weight is 221 g/mol. The van der Waals surface area contributed by atoms with Gasteiger partial charge in [-0.2, -0.15) is 0 Å². The molecule has 0 spiro atoms. The van der Waals surface area contributed by atoms with Crippen LogP contribution in [0.2, 0.25) is 0 Å². The molecule has 1 aromatic carbocycles. The molecule has 0 amide bonds. The zero-order chi connectivity index (χ0) is 8.27. The molecule has 0 fully saturated rings. The zero-order valence-corrected chi connectivity index (χ0v) is 7.37. The maximum absolute atomic E-state index is 12.5. The van der Waals surface area contributed by atoms with E-state index in [0.29, 0.717) is 12.0 Å². The second kappa shape index (κ2) is 3.81. The van der Waals surface area contributed by atoms with Crippen molar-refractivity contribution in [2.45, 2.75) is 6.42 Å². The number of alkyl halides is 1. The van der Waals surface area contributed by atoms with Gasteiger partial charge in [-0.05, 0) is 24.1 Å². The van der Waals surface area contributed by atoms with Crippen molar-refractivity contribution in [3.63, 3.8) is 0 Å². The smallest absolute Gasteiger partial charge is 0.126 e. The van der Waals surface area contributed by atoms with Crippen molar-refractivity contribution < 1.29 is 8.78 Å². The SMILES string of the molecule is Fc1cc(F)cc(CCBr)c1. The van der Waals surface area contributed by atoms with Gasteiger partial charge in [0.1, 0.15) is 11.6 Å². The highest BCUT2D eigenvalue weighted by Crippen LogP contribution is 2.08. The minimum atomic E-state index is -0.513. The van der Waals surface area contributed by atoms with Gasteiger partial charge in [-0.1, -0.05) is 15.9 Å². The quantitative estimate of drug-likeness (QED) is 0.673. The lowest BCUT2D eigenvalue weighted by Gasteiger charge is -1.97. The topological polar surface area (TPSA) is 0 Å². The van der Waals surface area contributed by atoms with E-state index in [1.54, 1.807) is 0 Å². The minimum Gasteiger partial charge on any atom is -0.207 e. The van der Waals surface area contributed by atoms with Crippen LogP contribution in [0.25, 0.3) is 0 Å². The molecule has 11 heavy (non-hydrogen) atoms. The van der Waals surface area contributed by atoms with E-state index in [-0.39, 0.29) is 0 Å². The molecule has 0 bridgehead atoms. The molecule has 0 N–H and O–H groups in total. The summed E-state index contributed by atoms with van der Waals surface area (Å²) in [5.74, 6) is -1.03. The van der Waals surface area contributed by atoms with Crippen molar-refractivity contribution >= 4 is 15.9 Å². The molecule has 0 aliphatic carbocycles. The fourth-order valence-electron chi connectivity index (χ4n) is 0.864. The lowest BCUT2D eigenvalue weighted by molar-refractivity contribution is 0.580. The van der Waals surface area contributed by atoms with Crippen molar-refractivity contribution in [1.29, 1.82) is 0 Å². The molecule has 3 heteroatoms. The predicted octanol–water partition coefficient (Wildman–Crippen LogP) is 2.90. The second-order valence-electron chi connectivity index (χ2n) is 2.22. The first-order valence-electron chi connectivity index (χ1n) is 3.23. The number of hydrogen-bond acceptors (Lipinski definition) is 0. The van der Waals surface area contributed by atoms with Crippen LogP contribution < -0.4 is 0 Å². The van der Waals surface area contributed by atoms with Crippen molar-refractivity contribution in [2.75, 3.05) is 5.33 Å². The van der Waals surface area contributed by atoms with Crippen LogP contribution >= 0.6 is 15.9 Å². The van der Waals surface area contributed by atoms with Crippen molar-refractivity contribution in [3.8, 4) is 0 Å². The Bertz CT molecular complexity index is 228. The summed E-state index contributed by atoms with van der Waals surface area (Å²) in [6, 6.07) is 3.55. The molecule has 0 nitrogen and oxygen atoms in total. The average Bonchev–Trinajstić information content (AvgIpc) is 1.85. The van der Waals surface area contributed by atoms with Crippen LogP contribution in [0.5, 0.6) is 0 Å². The lowest BCUT2D eigenvalue weighted by atomic mass is 10.2. The highest BCUT2D eigenvalue weighted by molar-refractivity contribution is 9.09. The van der Waals surface area contributed by atoms with Gasteiger partial charge < -0.3 is 0 Å². The van der Waals surface area contributed by atoms with Crippen molar-refractivity contribution in [1.82, 2.24) is 0 Å². The van der Waals surface area contributed by atoms with Crippen LogP contribution in [0.3, 0.4) is 0 Å². The monoisotopic (exact) mass is 220 g/mol. The summed E-state index contributed by atoms with van der Waals surface area (Å²) < 4.78 is 25.0. The Morgan fingerprint density at radius 1 is 1.09 bits per heavy atom. The fraction of sp³-hybridized carbons (Fsp3) is 0.250. The molecule has 60 valence electrons. The number of rotatable bonds is 2. The Labute approximate surface area is 72.4 Å². The Kier molecular flexibility index (Phi) is 3.00. The van der Waals surface area contributed by atoms with Crippen LogP contribution in [0.15, 0.2) is 18.2 Å². The highest BCUT2D eigenvalue weighted by atomic mass is 79.9. The van der Waals surface area contributed by atoms with E-state index in [0.717, 1.165) is 11.4 Å².